The van der Waals surface area contributed by atoms with Gasteiger partial charge in [0.1, 0.15) is 6.07 Å². The molecule has 0 atom stereocenters. The first-order valence-corrected chi connectivity index (χ1v) is 8.11. The van der Waals surface area contributed by atoms with E-state index in [0.717, 1.165) is 0 Å². The molecule has 0 aliphatic carbocycles. The van der Waals surface area contributed by atoms with E-state index in [-0.39, 0.29) is 23.6 Å². The molecule has 2 rings (SSSR count). The smallest absolute Gasteiger partial charge is 0.306 e. The number of carbonyl (C=O) groups is 3. The van der Waals surface area contributed by atoms with Crippen LogP contribution in [0.1, 0.15) is 28.8 Å². The van der Waals surface area contributed by atoms with E-state index in [0.29, 0.717) is 16.8 Å². The minimum absolute atomic E-state index is 0.00962. The Labute approximate surface area is 155 Å². The van der Waals surface area contributed by atoms with Gasteiger partial charge in [-0.15, -0.1) is 0 Å². The Balaban J connectivity index is 1.75. The predicted molar refractivity (Wildman–Crippen MR) is 95.8 cm³/mol. The second-order valence-corrected chi connectivity index (χ2v) is 5.71. The summed E-state index contributed by atoms with van der Waals surface area (Å²) in [6, 6.07) is 14.9. The molecule has 0 radical (unpaired) electrons. The molecule has 1 N–H and O–H groups in total. The van der Waals surface area contributed by atoms with Gasteiger partial charge in [0.25, 0.3) is 5.91 Å². The van der Waals surface area contributed by atoms with Crippen molar-refractivity contribution in [3.05, 3.63) is 64.7 Å². The zero-order valence-corrected chi connectivity index (χ0v) is 14.5. The Hall–Kier alpha value is -3.17. The number of hydrogen-bond donors (Lipinski definition) is 1. The van der Waals surface area contributed by atoms with Crippen molar-refractivity contribution in [1.82, 2.24) is 0 Å². The summed E-state index contributed by atoms with van der Waals surface area (Å²) in [4.78, 5) is 35.3. The first-order chi connectivity index (χ1) is 12.5. The summed E-state index contributed by atoms with van der Waals surface area (Å²) in [5, 5.41) is 11.5. The van der Waals surface area contributed by atoms with Gasteiger partial charge in [0.05, 0.1) is 17.0 Å². The van der Waals surface area contributed by atoms with Crippen LogP contribution in [0.25, 0.3) is 0 Å². The standard InChI is InChI=1S/C19H15ClN2O4/c20-16-10-15(7-6-14(16)11-21)22-18(24)12-26-19(25)9-8-17(23)13-4-2-1-3-5-13/h1-7,10H,8-9,12H2,(H,22,24). The molecule has 0 unspecified atom stereocenters. The lowest BCUT2D eigenvalue weighted by Gasteiger charge is -2.07. The van der Waals surface area contributed by atoms with Gasteiger partial charge in [0.15, 0.2) is 12.4 Å². The maximum Gasteiger partial charge on any atom is 0.306 e. The highest BCUT2D eigenvalue weighted by molar-refractivity contribution is 6.32. The minimum atomic E-state index is -0.637. The number of nitrogens with one attached hydrogen (secondary N) is 1. The second-order valence-electron chi connectivity index (χ2n) is 5.30. The van der Waals surface area contributed by atoms with E-state index in [4.69, 9.17) is 21.6 Å². The average Bonchev–Trinajstić information content (AvgIpc) is 2.65. The Kier molecular flexibility index (Phi) is 6.89. The third kappa shape index (κ3) is 5.72. The fourth-order valence-corrected chi connectivity index (χ4v) is 2.31. The highest BCUT2D eigenvalue weighted by atomic mass is 35.5. The molecular formula is C19H15ClN2O4. The topological polar surface area (TPSA) is 96.3 Å². The maximum absolute atomic E-state index is 11.9. The van der Waals surface area contributed by atoms with Crippen molar-refractivity contribution in [3.8, 4) is 6.07 Å². The molecule has 0 aromatic heterocycles. The number of ketones is 1. The summed E-state index contributed by atoms with van der Waals surface area (Å²) < 4.78 is 4.85. The van der Waals surface area contributed by atoms with Crippen molar-refractivity contribution >= 4 is 34.9 Å². The number of benzene rings is 2. The number of nitrogens with zero attached hydrogens (tertiary/aromatic N) is 1. The molecule has 132 valence electrons. The molecule has 6 nitrogen and oxygen atoms in total. The molecule has 0 aliphatic rings. The summed E-state index contributed by atoms with van der Waals surface area (Å²) in [5.74, 6) is -1.35. The summed E-state index contributed by atoms with van der Waals surface area (Å²) >= 11 is 5.87. The van der Waals surface area contributed by atoms with E-state index >= 15 is 0 Å². The van der Waals surface area contributed by atoms with Crippen LogP contribution in [0, 0.1) is 11.3 Å². The molecule has 26 heavy (non-hydrogen) atoms. The minimum Gasteiger partial charge on any atom is -0.456 e. The zero-order valence-electron chi connectivity index (χ0n) is 13.7. The Bertz CT molecular complexity index is 860. The lowest BCUT2D eigenvalue weighted by molar-refractivity contribution is -0.147. The molecule has 0 bridgehead atoms. The van der Waals surface area contributed by atoms with Crippen LogP contribution in [0.3, 0.4) is 0 Å². The number of carbonyl (C=O) groups excluding carboxylic acids is 3. The van der Waals surface area contributed by atoms with Crippen molar-refractivity contribution in [2.24, 2.45) is 0 Å². The third-order valence-corrected chi connectivity index (χ3v) is 3.70. The van der Waals surface area contributed by atoms with Crippen molar-refractivity contribution < 1.29 is 19.1 Å². The van der Waals surface area contributed by atoms with Gasteiger partial charge in [-0.2, -0.15) is 5.26 Å². The van der Waals surface area contributed by atoms with Crippen LogP contribution < -0.4 is 5.32 Å². The number of Topliss-reactive ketones (excluding diaryl/α,β-unsaturated/α-hetero) is 1. The van der Waals surface area contributed by atoms with Gasteiger partial charge in [0.2, 0.25) is 0 Å². The second kappa shape index (κ2) is 9.35. The van der Waals surface area contributed by atoms with Crippen LogP contribution in [0.4, 0.5) is 5.69 Å². The number of anilines is 1. The number of ether oxygens (including phenoxy) is 1. The molecule has 2 aromatic rings. The van der Waals surface area contributed by atoms with Gasteiger partial charge in [-0.05, 0) is 18.2 Å². The van der Waals surface area contributed by atoms with Gasteiger partial charge in [-0.25, -0.2) is 0 Å². The average molecular weight is 371 g/mol. The number of halogens is 1. The van der Waals surface area contributed by atoms with Crippen LogP contribution in [0.15, 0.2) is 48.5 Å². The van der Waals surface area contributed by atoms with Crippen molar-refractivity contribution in [2.45, 2.75) is 12.8 Å². The summed E-state index contributed by atoms with van der Waals surface area (Å²) in [6.45, 7) is -0.476. The molecular weight excluding hydrogens is 356 g/mol. The van der Waals surface area contributed by atoms with Crippen LogP contribution in [0.5, 0.6) is 0 Å². The molecule has 2 aromatic carbocycles. The Morgan fingerprint density at radius 3 is 2.46 bits per heavy atom. The van der Waals surface area contributed by atoms with Gasteiger partial charge < -0.3 is 10.1 Å². The SMILES string of the molecule is N#Cc1ccc(NC(=O)COC(=O)CCC(=O)c2ccccc2)cc1Cl. The number of rotatable bonds is 7. The zero-order chi connectivity index (χ0) is 18.9. The van der Waals surface area contributed by atoms with E-state index in [9.17, 15) is 14.4 Å². The quantitative estimate of drug-likeness (QED) is 0.595. The van der Waals surface area contributed by atoms with Crippen LogP contribution in [-0.2, 0) is 14.3 Å². The van der Waals surface area contributed by atoms with Gasteiger partial charge >= 0.3 is 5.97 Å². The van der Waals surface area contributed by atoms with E-state index in [2.05, 4.69) is 5.32 Å². The molecule has 0 saturated carbocycles. The van der Waals surface area contributed by atoms with E-state index in [1.165, 1.54) is 18.2 Å². The lowest BCUT2D eigenvalue weighted by atomic mass is 10.1. The van der Waals surface area contributed by atoms with Gasteiger partial charge in [-0.3, -0.25) is 14.4 Å². The normalized spacial score (nSPS) is 9.85. The van der Waals surface area contributed by atoms with Crippen LogP contribution >= 0.6 is 11.6 Å². The number of nitriles is 1. The van der Waals surface area contributed by atoms with E-state index in [1.54, 1.807) is 30.3 Å². The van der Waals surface area contributed by atoms with E-state index < -0.39 is 18.5 Å². The van der Waals surface area contributed by atoms with Gasteiger partial charge in [0, 0.05) is 17.7 Å². The molecule has 0 spiro atoms. The Morgan fingerprint density at radius 2 is 1.81 bits per heavy atom. The molecule has 0 heterocycles. The molecule has 0 fully saturated rings. The summed E-state index contributed by atoms with van der Waals surface area (Å²) in [7, 11) is 0. The summed E-state index contributed by atoms with van der Waals surface area (Å²) in [5.41, 5.74) is 1.20. The number of amides is 1. The summed E-state index contributed by atoms with van der Waals surface area (Å²) in [6.07, 6.45) is -0.0978. The Morgan fingerprint density at radius 1 is 1.08 bits per heavy atom. The van der Waals surface area contributed by atoms with E-state index in [1.807, 2.05) is 6.07 Å². The molecule has 1 amide bonds. The van der Waals surface area contributed by atoms with Crippen LogP contribution in [-0.4, -0.2) is 24.3 Å². The predicted octanol–water partition coefficient (Wildman–Crippen LogP) is 3.36. The monoisotopic (exact) mass is 370 g/mol. The largest absolute Gasteiger partial charge is 0.456 e. The third-order valence-electron chi connectivity index (χ3n) is 3.39. The molecule has 0 aliphatic heterocycles. The molecule has 7 heteroatoms. The molecule has 0 saturated heterocycles. The fraction of sp³-hybridized carbons (Fsp3) is 0.158. The first kappa shape index (κ1) is 19.2. The number of esters is 1. The highest BCUT2D eigenvalue weighted by Gasteiger charge is 2.12. The van der Waals surface area contributed by atoms with Crippen molar-refractivity contribution in [3.63, 3.8) is 0 Å². The van der Waals surface area contributed by atoms with Crippen LogP contribution in [0.2, 0.25) is 5.02 Å². The first-order valence-electron chi connectivity index (χ1n) is 7.73. The fourth-order valence-electron chi connectivity index (χ4n) is 2.08. The highest BCUT2D eigenvalue weighted by Crippen LogP contribution is 2.20. The lowest BCUT2D eigenvalue weighted by Crippen LogP contribution is -2.21. The van der Waals surface area contributed by atoms with Gasteiger partial charge in [-0.1, -0.05) is 41.9 Å². The van der Waals surface area contributed by atoms with Crippen molar-refractivity contribution in [2.75, 3.05) is 11.9 Å². The maximum atomic E-state index is 11.9. The van der Waals surface area contributed by atoms with Crippen molar-refractivity contribution in [1.29, 1.82) is 5.26 Å². The number of hydrogen-bond acceptors (Lipinski definition) is 5.